The SMILES string of the molecule is CCO[C@@H](CO)CSc1c(-c2ccc(F)cc2F)c(C)cc2c(=O)[nH]c(=O)[nH]c12. The molecule has 1 atom stereocenters. The molecule has 1 aromatic heterocycles. The van der Waals surface area contributed by atoms with Crippen LogP contribution in [0.2, 0.25) is 0 Å². The Kier molecular flexibility index (Phi) is 6.51. The van der Waals surface area contributed by atoms with Crippen LogP contribution in [0.1, 0.15) is 12.5 Å². The average Bonchev–Trinajstić information content (AvgIpc) is 2.66. The number of hydrogen-bond acceptors (Lipinski definition) is 5. The fraction of sp³-hybridized carbons (Fsp3) is 0.300. The minimum atomic E-state index is -0.759. The first-order valence-electron chi connectivity index (χ1n) is 8.96. The molecule has 0 bridgehead atoms. The molecule has 0 aliphatic rings. The fourth-order valence-corrected chi connectivity index (χ4v) is 4.42. The van der Waals surface area contributed by atoms with Gasteiger partial charge in [0.2, 0.25) is 0 Å². The number of H-pyrrole nitrogens is 2. The molecular weight excluding hydrogens is 402 g/mol. The molecule has 1 heterocycles. The van der Waals surface area contributed by atoms with E-state index in [2.05, 4.69) is 9.97 Å². The Morgan fingerprint density at radius 3 is 2.62 bits per heavy atom. The summed E-state index contributed by atoms with van der Waals surface area (Å²) >= 11 is 1.22. The second-order valence-electron chi connectivity index (χ2n) is 6.42. The molecule has 0 saturated heterocycles. The summed E-state index contributed by atoms with van der Waals surface area (Å²) in [5.41, 5.74) is 0.160. The summed E-state index contributed by atoms with van der Waals surface area (Å²) < 4.78 is 33.5. The molecule has 0 amide bonds. The van der Waals surface area contributed by atoms with Crippen LogP contribution >= 0.6 is 11.8 Å². The Morgan fingerprint density at radius 2 is 1.97 bits per heavy atom. The lowest BCUT2D eigenvalue weighted by Gasteiger charge is -2.19. The summed E-state index contributed by atoms with van der Waals surface area (Å²) in [5, 5.41) is 9.74. The summed E-state index contributed by atoms with van der Waals surface area (Å²) in [6, 6.07) is 4.80. The van der Waals surface area contributed by atoms with Crippen molar-refractivity contribution in [2.45, 2.75) is 24.8 Å². The number of aliphatic hydroxyl groups is 1. The van der Waals surface area contributed by atoms with E-state index in [-0.39, 0.29) is 23.1 Å². The molecule has 0 radical (unpaired) electrons. The van der Waals surface area contributed by atoms with E-state index >= 15 is 0 Å². The monoisotopic (exact) mass is 422 g/mol. The number of thioether (sulfide) groups is 1. The minimum Gasteiger partial charge on any atom is -0.394 e. The van der Waals surface area contributed by atoms with Crippen molar-refractivity contribution in [1.29, 1.82) is 0 Å². The zero-order valence-electron chi connectivity index (χ0n) is 15.8. The number of aromatic nitrogens is 2. The summed E-state index contributed by atoms with van der Waals surface area (Å²) in [7, 11) is 0. The van der Waals surface area contributed by atoms with Crippen LogP contribution in [0, 0.1) is 18.6 Å². The van der Waals surface area contributed by atoms with Gasteiger partial charge < -0.3 is 14.8 Å². The molecular formula is C20H20F2N2O4S. The van der Waals surface area contributed by atoms with Crippen LogP contribution in [0.5, 0.6) is 0 Å². The number of aromatic amines is 2. The van der Waals surface area contributed by atoms with E-state index in [9.17, 15) is 23.5 Å². The standard InChI is InChI=1S/C20H20F2N2O4S/c1-3-28-12(8-25)9-29-18-16(13-5-4-11(21)7-15(13)22)10(2)6-14-17(18)23-20(27)24-19(14)26/h4-7,12,25H,3,8-9H2,1-2H3,(H2,23,24,26,27)/t12-/m0/s1. The van der Waals surface area contributed by atoms with E-state index in [4.69, 9.17) is 4.74 Å². The van der Waals surface area contributed by atoms with Crippen molar-refractivity contribution in [2.24, 2.45) is 0 Å². The van der Waals surface area contributed by atoms with Crippen LogP contribution in [-0.2, 0) is 4.74 Å². The van der Waals surface area contributed by atoms with Crippen molar-refractivity contribution in [3.63, 3.8) is 0 Å². The summed E-state index contributed by atoms with van der Waals surface area (Å²) in [6.07, 6.45) is -0.486. The molecule has 0 saturated carbocycles. The van der Waals surface area contributed by atoms with E-state index in [0.717, 1.165) is 12.1 Å². The maximum absolute atomic E-state index is 14.6. The first-order chi connectivity index (χ1) is 13.8. The molecule has 0 unspecified atom stereocenters. The van der Waals surface area contributed by atoms with Gasteiger partial charge in [-0.1, -0.05) is 0 Å². The lowest BCUT2D eigenvalue weighted by molar-refractivity contribution is 0.0356. The van der Waals surface area contributed by atoms with Crippen molar-refractivity contribution in [1.82, 2.24) is 9.97 Å². The van der Waals surface area contributed by atoms with Crippen molar-refractivity contribution in [2.75, 3.05) is 19.0 Å². The highest BCUT2D eigenvalue weighted by molar-refractivity contribution is 7.99. The molecule has 2 aromatic carbocycles. The number of ether oxygens (including phenoxy) is 1. The Balaban J connectivity index is 2.27. The zero-order valence-corrected chi connectivity index (χ0v) is 16.7. The zero-order chi connectivity index (χ0) is 21.1. The first kappa shape index (κ1) is 21.2. The van der Waals surface area contributed by atoms with Gasteiger partial charge in [-0.2, -0.15) is 0 Å². The molecule has 3 aromatic rings. The molecule has 0 aliphatic heterocycles. The summed E-state index contributed by atoms with van der Waals surface area (Å²) in [5.74, 6) is -1.17. The van der Waals surface area contributed by atoms with Gasteiger partial charge in [-0.05, 0) is 37.6 Å². The highest BCUT2D eigenvalue weighted by Crippen LogP contribution is 2.39. The van der Waals surface area contributed by atoms with Gasteiger partial charge in [-0.15, -0.1) is 11.8 Å². The van der Waals surface area contributed by atoms with Crippen LogP contribution < -0.4 is 11.2 Å². The van der Waals surface area contributed by atoms with E-state index in [1.165, 1.54) is 17.8 Å². The van der Waals surface area contributed by atoms with Gasteiger partial charge in [0.15, 0.2) is 0 Å². The van der Waals surface area contributed by atoms with Crippen molar-refractivity contribution in [3.8, 4) is 11.1 Å². The lowest BCUT2D eigenvalue weighted by Crippen LogP contribution is -2.23. The predicted octanol–water partition coefficient (Wildman–Crippen LogP) is 2.96. The van der Waals surface area contributed by atoms with Gasteiger partial charge in [0, 0.05) is 34.4 Å². The van der Waals surface area contributed by atoms with E-state index in [0.29, 0.717) is 28.4 Å². The number of nitrogens with one attached hydrogen (secondary N) is 2. The topological polar surface area (TPSA) is 95.2 Å². The molecule has 0 aliphatic carbocycles. The molecule has 3 N–H and O–H groups in total. The number of hydrogen-bond donors (Lipinski definition) is 3. The Morgan fingerprint density at radius 1 is 1.21 bits per heavy atom. The molecule has 0 fully saturated rings. The van der Waals surface area contributed by atoms with Gasteiger partial charge >= 0.3 is 5.69 Å². The maximum atomic E-state index is 14.6. The van der Waals surface area contributed by atoms with Gasteiger partial charge in [0.1, 0.15) is 11.6 Å². The minimum absolute atomic E-state index is 0.145. The predicted molar refractivity (Wildman–Crippen MR) is 109 cm³/mol. The smallest absolute Gasteiger partial charge is 0.326 e. The summed E-state index contributed by atoms with van der Waals surface area (Å²) in [6.45, 7) is 3.68. The number of aryl methyl sites for hydroxylation is 1. The number of halogens is 2. The fourth-order valence-electron chi connectivity index (χ4n) is 3.14. The third kappa shape index (κ3) is 4.42. The molecule has 9 heteroatoms. The number of benzene rings is 2. The van der Waals surface area contributed by atoms with E-state index in [1.54, 1.807) is 19.9 Å². The Bertz CT molecular complexity index is 1160. The quantitative estimate of drug-likeness (QED) is 0.509. The van der Waals surface area contributed by atoms with E-state index < -0.39 is 29.0 Å². The second kappa shape index (κ2) is 8.89. The van der Waals surface area contributed by atoms with Crippen LogP contribution in [0.15, 0.2) is 38.8 Å². The maximum Gasteiger partial charge on any atom is 0.326 e. The molecule has 6 nitrogen and oxygen atoms in total. The lowest BCUT2D eigenvalue weighted by atomic mass is 9.98. The van der Waals surface area contributed by atoms with Crippen molar-refractivity contribution < 1.29 is 18.6 Å². The number of aliphatic hydroxyl groups excluding tert-OH is 1. The highest BCUT2D eigenvalue weighted by Gasteiger charge is 2.20. The van der Waals surface area contributed by atoms with Crippen molar-refractivity contribution in [3.05, 3.63) is 62.3 Å². The molecule has 0 spiro atoms. The third-order valence-electron chi connectivity index (χ3n) is 4.41. The molecule has 3 rings (SSSR count). The van der Waals surface area contributed by atoms with Gasteiger partial charge in [-0.3, -0.25) is 9.78 Å². The van der Waals surface area contributed by atoms with Crippen LogP contribution in [-0.4, -0.2) is 40.1 Å². The second-order valence-corrected chi connectivity index (χ2v) is 7.45. The van der Waals surface area contributed by atoms with E-state index in [1.807, 2.05) is 0 Å². The number of fused-ring (bicyclic) bond motifs is 1. The van der Waals surface area contributed by atoms with Gasteiger partial charge in [0.25, 0.3) is 5.56 Å². The van der Waals surface area contributed by atoms with Crippen LogP contribution in [0.4, 0.5) is 8.78 Å². The molecule has 154 valence electrons. The Labute approximate surface area is 168 Å². The van der Waals surface area contributed by atoms with Gasteiger partial charge in [-0.25, -0.2) is 13.6 Å². The highest BCUT2D eigenvalue weighted by atomic mass is 32.2. The number of rotatable bonds is 7. The first-order valence-corrected chi connectivity index (χ1v) is 9.94. The molecule has 29 heavy (non-hydrogen) atoms. The normalized spacial score (nSPS) is 12.4. The average molecular weight is 422 g/mol. The Hall–Kier alpha value is -2.49. The summed E-state index contributed by atoms with van der Waals surface area (Å²) in [4.78, 5) is 29.4. The van der Waals surface area contributed by atoms with Crippen LogP contribution in [0.3, 0.4) is 0 Å². The largest absolute Gasteiger partial charge is 0.394 e. The van der Waals surface area contributed by atoms with Crippen LogP contribution in [0.25, 0.3) is 22.0 Å². The van der Waals surface area contributed by atoms with Crippen molar-refractivity contribution >= 4 is 22.7 Å². The third-order valence-corrected chi connectivity index (χ3v) is 5.64. The van der Waals surface area contributed by atoms with Gasteiger partial charge in [0.05, 0.1) is 23.6 Å².